The number of carbonyl (C=O) groups is 1. The van der Waals surface area contributed by atoms with E-state index in [1.165, 1.54) is 0 Å². The molecule has 0 heterocycles. The van der Waals surface area contributed by atoms with Gasteiger partial charge in [-0.15, -0.1) is 0 Å². The van der Waals surface area contributed by atoms with Crippen LogP contribution in [0.4, 0.5) is 0 Å². The molecule has 4 nitrogen and oxygen atoms in total. The molecule has 0 fully saturated rings. The van der Waals surface area contributed by atoms with Crippen molar-refractivity contribution in [2.45, 2.75) is 58.0 Å². The lowest BCUT2D eigenvalue weighted by atomic mass is 9.93. The minimum Gasteiger partial charge on any atom is -0.394 e. The lowest BCUT2D eigenvalue weighted by molar-refractivity contribution is -0.124. The van der Waals surface area contributed by atoms with E-state index < -0.39 is 5.54 Å². The third-order valence-corrected chi connectivity index (χ3v) is 2.89. The zero-order chi connectivity index (χ0) is 11.9. The summed E-state index contributed by atoms with van der Waals surface area (Å²) in [6.45, 7) is 5.80. The minimum absolute atomic E-state index is 0.0100. The SMILES string of the molecule is CCC(CC)(CO)NC(=O)CCC(C)N. The summed E-state index contributed by atoms with van der Waals surface area (Å²) in [6.07, 6.45) is 2.59. The lowest BCUT2D eigenvalue weighted by Crippen LogP contribution is -2.50. The molecule has 15 heavy (non-hydrogen) atoms. The summed E-state index contributed by atoms with van der Waals surface area (Å²) in [5, 5.41) is 12.2. The molecule has 0 radical (unpaired) electrons. The Morgan fingerprint density at radius 3 is 2.33 bits per heavy atom. The number of carbonyl (C=O) groups excluding carboxylic acids is 1. The van der Waals surface area contributed by atoms with E-state index in [2.05, 4.69) is 5.32 Å². The van der Waals surface area contributed by atoms with E-state index in [4.69, 9.17) is 5.73 Å². The van der Waals surface area contributed by atoms with Crippen LogP contribution in [0.1, 0.15) is 46.5 Å². The maximum atomic E-state index is 11.6. The molecule has 0 saturated carbocycles. The van der Waals surface area contributed by atoms with Crippen molar-refractivity contribution in [3.8, 4) is 0 Å². The largest absolute Gasteiger partial charge is 0.394 e. The van der Waals surface area contributed by atoms with Gasteiger partial charge in [-0.25, -0.2) is 0 Å². The molecule has 0 bridgehead atoms. The van der Waals surface area contributed by atoms with Crippen LogP contribution in [0.3, 0.4) is 0 Å². The number of hydrogen-bond donors (Lipinski definition) is 3. The van der Waals surface area contributed by atoms with Crippen LogP contribution in [0.2, 0.25) is 0 Å². The minimum atomic E-state index is -0.449. The van der Waals surface area contributed by atoms with Crippen molar-refractivity contribution in [1.29, 1.82) is 0 Å². The molecule has 0 spiro atoms. The Balaban J connectivity index is 4.11. The maximum Gasteiger partial charge on any atom is 0.220 e. The number of nitrogens with one attached hydrogen (secondary N) is 1. The Morgan fingerprint density at radius 2 is 2.00 bits per heavy atom. The molecule has 1 atom stereocenters. The summed E-state index contributed by atoms with van der Waals surface area (Å²) in [6, 6.07) is 0.0440. The molecule has 90 valence electrons. The molecule has 0 aromatic carbocycles. The molecule has 0 saturated heterocycles. The first kappa shape index (κ1) is 14.4. The highest BCUT2D eigenvalue weighted by Gasteiger charge is 2.26. The predicted molar refractivity (Wildman–Crippen MR) is 61.4 cm³/mol. The number of aliphatic hydroxyl groups excluding tert-OH is 1. The Morgan fingerprint density at radius 1 is 1.47 bits per heavy atom. The fourth-order valence-corrected chi connectivity index (χ4v) is 1.41. The van der Waals surface area contributed by atoms with Crippen molar-refractivity contribution in [1.82, 2.24) is 5.32 Å². The molecule has 0 aliphatic rings. The van der Waals surface area contributed by atoms with Crippen LogP contribution in [0.25, 0.3) is 0 Å². The average molecular weight is 216 g/mol. The second-order valence-electron chi connectivity index (χ2n) is 4.21. The third kappa shape index (κ3) is 5.14. The fraction of sp³-hybridized carbons (Fsp3) is 0.909. The van der Waals surface area contributed by atoms with Gasteiger partial charge in [0.1, 0.15) is 0 Å². The van der Waals surface area contributed by atoms with E-state index in [1.807, 2.05) is 20.8 Å². The first-order valence-electron chi connectivity index (χ1n) is 5.67. The summed E-state index contributed by atoms with van der Waals surface area (Å²) in [5.41, 5.74) is 5.12. The Kier molecular flexibility index (Phi) is 6.52. The van der Waals surface area contributed by atoms with Gasteiger partial charge < -0.3 is 16.2 Å². The molecule has 4 heteroatoms. The predicted octanol–water partition coefficient (Wildman–Crippen LogP) is 0.781. The van der Waals surface area contributed by atoms with Gasteiger partial charge in [-0.05, 0) is 26.2 Å². The standard InChI is InChI=1S/C11H24N2O2/c1-4-11(5-2,8-14)13-10(15)7-6-9(3)12/h9,14H,4-8,12H2,1-3H3,(H,13,15). The number of nitrogens with two attached hydrogens (primary N) is 1. The van der Waals surface area contributed by atoms with Gasteiger partial charge in [-0.1, -0.05) is 13.8 Å². The van der Waals surface area contributed by atoms with E-state index >= 15 is 0 Å². The summed E-state index contributed by atoms with van der Waals surface area (Å²) in [5.74, 6) is -0.0231. The highest BCUT2D eigenvalue weighted by atomic mass is 16.3. The highest BCUT2D eigenvalue weighted by Crippen LogP contribution is 2.14. The van der Waals surface area contributed by atoms with E-state index in [-0.39, 0.29) is 18.6 Å². The van der Waals surface area contributed by atoms with Crippen LogP contribution < -0.4 is 11.1 Å². The Bertz CT molecular complexity index is 181. The molecule has 0 aliphatic carbocycles. The molecule has 0 rings (SSSR count). The quantitative estimate of drug-likeness (QED) is 0.588. The van der Waals surface area contributed by atoms with Crippen molar-refractivity contribution < 1.29 is 9.90 Å². The monoisotopic (exact) mass is 216 g/mol. The van der Waals surface area contributed by atoms with Crippen molar-refractivity contribution in [2.24, 2.45) is 5.73 Å². The molecular formula is C11H24N2O2. The number of rotatable bonds is 7. The van der Waals surface area contributed by atoms with Crippen molar-refractivity contribution >= 4 is 5.91 Å². The average Bonchev–Trinajstić information content (AvgIpc) is 2.23. The molecule has 0 aliphatic heterocycles. The van der Waals surface area contributed by atoms with Crippen LogP contribution >= 0.6 is 0 Å². The summed E-state index contributed by atoms with van der Waals surface area (Å²) in [7, 11) is 0. The van der Waals surface area contributed by atoms with Gasteiger partial charge in [0.15, 0.2) is 0 Å². The summed E-state index contributed by atoms with van der Waals surface area (Å²) < 4.78 is 0. The second-order valence-corrected chi connectivity index (χ2v) is 4.21. The van der Waals surface area contributed by atoms with Crippen LogP contribution in [0, 0.1) is 0 Å². The first-order valence-corrected chi connectivity index (χ1v) is 5.67. The smallest absolute Gasteiger partial charge is 0.220 e. The third-order valence-electron chi connectivity index (χ3n) is 2.89. The second kappa shape index (κ2) is 6.80. The zero-order valence-electron chi connectivity index (χ0n) is 10.0. The van der Waals surface area contributed by atoms with Crippen molar-refractivity contribution in [3.05, 3.63) is 0 Å². The Labute approximate surface area is 92.2 Å². The van der Waals surface area contributed by atoms with Crippen LogP contribution in [0.15, 0.2) is 0 Å². The normalized spacial score (nSPS) is 13.7. The molecule has 1 amide bonds. The van der Waals surface area contributed by atoms with Crippen LogP contribution in [-0.2, 0) is 4.79 Å². The van der Waals surface area contributed by atoms with E-state index in [9.17, 15) is 9.90 Å². The molecule has 0 aromatic heterocycles. The molecule has 1 unspecified atom stereocenters. The van der Waals surface area contributed by atoms with Gasteiger partial charge in [-0.3, -0.25) is 4.79 Å². The van der Waals surface area contributed by atoms with Gasteiger partial charge in [0.05, 0.1) is 12.1 Å². The summed E-state index contributed by atoms with van der Waals surface area (Å²) in [4.78, 5) is 11.6. The van der Waals surface area contributed by atoms with Gasteiger partial charge in [-0.2, -0.15) is 0 Å². The van der Waals surface area contributed by atoms with Gasteiger partial charge in [0.25, 0.3) is 0 Å². The zero-order valence-corrected chi connectivity index (χ0v) is 10.0. The van der Waals surface area contributed by atoms with Crippen molar-refractivity contribution in [3.63, 3.8) is 0 Å². The number of amides is 1. The lowest BCUT2D eigenvalue weighted by Gasteiger charge is -2.30. The van der Waals surface area contributed by atoms with E-state index in [1.54, 1.807) is 0 Å². The molecular weight excluding hydrogens is 192 g/mol. The van der Waals surface area contributed by atoms with Crippen molar-refractivity contribution in [2.75, 3.05) is 6.61 Å². The van der Waals surface area contributed by atoms with E-state index in [0.29, 0.717) is 12.8 Å². The number of hydrogen-bond acceptors (Lipinski definition) is 3. The first-order chi connectivity index (χ1) is 6.99. The fourth-order valence-electron chi connectivity index (χ4n) is 1.41. The van der Waals surface area contributed by atoms with Gasteiger partial charge >= 0.3 is 0 Å². The van der Waals surface area contributed by atoms with E-state index in [0.717, 1.165) is 12.8 Å². The molecule has 4 N–H and O–H groups in total. The molecule has 0 aromatic rings. The number of aliphatic hydroxyl groups is 1. The van der Waals surface area contributed by atoms with Gasteiger partial charge in [0, 0.05) is 12.5 Å². The highest BCUT2D eigenvalue weighted by molar-refractivity contribution is 5.76. The Hall–Kier alpha value is -0.610. The summed E-state index contributed by atoms with van der Waals surface area (Å²) >= 11 is 0. The van der Waals surface area contributed by atoms with Crippen LogP contribution in [0.5, 0.6) is 0 Å². The maximum absolute atomic E-state index is 11.6. The van der Waals surface area contributed by atoms with Gasteiger partial charge in [0.2, 0.25) is 5.91 Å². The van der Waals surface area contributed by atoms with Crippen LogP contribution in [-0.4, -0.2) is 29.2 Å². The topological polar surface area (TPSA) is 75.3 Å².